The van der Waals surface area contributed by atoms with Gasteiger partial charge < -0.3 is 10.5 Å². The van der Waals surface area contributed by atoms with Gasteiger partial charge in [0, 0.05) is 18.5 Å². The number of hydrogen-bond acceptors (Lipinski definition) is 4. The lowest BCUT2D eigenvalue weighted by Gasteiger charge is -2.10. The van der Waals surface area contributed by atoms with E-state index in [1.54, 1.807) is 6.33 Å². The van der Waals surface area contributed by atoms with Crippen LogP contribution in [0.1, 0.15) is 25.6 Å². The highest BCUT2D eigenvalue weighted by molar-refractivity contribution is 5.40. The Balaban J connectivity index is 2.29. The molecule has 0 atom stereocenters. The molecule has 1 heterocycles. The largest absolute Gasteiger partial charge is 0.492 e. The summed E-state index contributed by atoms with van der Waals surface area (Å²) in [6.45, 7) is 5.21. The number of rotatable bonds is 5. The molecule has 0 bridgehead atoms. The molecular weight excluding hydrogens is 228 g/mol. The van der Waals surface area contributed by atoms with E-state index in [1.807, 2.05) is 28.8 Å². The summed E-state index contributed by atoms with van der Waals surface area (Å²) in [4.78, 5) is 0. The second-order valence-electron chi connectivity index (χ2n) is 4.35. The van der Waals surface area contributed by atoms with E-state index in [2.05, 4.69) is 24.0 Å². The molecule has 2 N–H and O–H groups in total. The molecule has 1 aromatic carbocycles. The lowest BCUT2D eigenvalue weighted by molar-refractivity contribution is 0.328. The quantitative estimate of drug-likeness (QED) is 0.872. The lowest BCUT2D eigenvalue weighted by Crippen LogP contribution is -2.10. The topological polar surface area (TPSA) is 66.0 Å². The third-order valence-corrected chi connectivity index (χ3v) is 2.57. The van der Waals surface area contributed by atoms with Crippen LogP contribution in [0.15, 0.2) is 30.6 Å². The van der Waals surface area contributed by atoms with Crippen molar-refractivity contribution >= 4 is 0 Å². The molecule has 5 nitrogen and oxygen atoms in total. The third kappa shape index (κ3) is 2.68. The van der Waals surface area contributed by atoms with Crippen LogP contribution in [0.4, 0.5) is 0 Å². The van der Waals surface area contributed by atoms with E-state index in [-0.39, 0.29) is 0 Å². The molecule has 0 aliphatic rings. The molecule has 1 aromatic heterocycles. The van der Waals surface area contributed by atoms with Crippen molar-refractivity contribution in [2.45, 2.75) is 19.8 Å². The minimum atomic E-state index is 0.320. The Labute approximate surface area is 107 Å². The minimum Gasteiger partial charge on any atom is -0.492 e. The Morgan fingerprint density at radius 1 is 1.39 bits per heavy atom. The fourth-order valence-electron chi connectivity index (χ4n) is 1.74. The Kier molecular flexibility index (Phi) is 3.94. The summed E-state index contributed by atoms with van der Waals surface area (Å²) < 4.78 is 7.49. The standard InChI is InChI=1S/C13H18N4O/c1-10(2)13-16-15-9-17(13)11-4-3-5-12(8-11)18-7-6-14/h3-5,8-10H,6-7,14H2,1-2H3. The first kappa shape index (κ1) is 12.6. The minimum absolute atomic E-state index is 0.320. The van der Waals surface area contributed by atoms with Crippen molar-refractivity contribution in [1.82, 2.24) is 14.8 Å². The highest BCUT2D eigenvalue weighted by Gasteiger charge is 2.10. The van der Waals surface area contributed by atoms with Gasteiger partial charge in [0.15, 0.2) is 0 Å². The average molecular weight is 246 g/mol. The predicted octanol–water partition coefficient (Wildman–Crippen LogP) is 1.73. The van der Waals surface area contributed by atoms with E-state index >= 15 is 0 Å². The van der Waals surface area contributed by atoms with Gasteiger partial charge in [-0.1, -0.05) is 19.9 Å². The van der Waals surface area contributed by atoms with Crippen molar-refractivity contribution in [2.75, 3.05) is 13.2 Å². The van der Waals surface area contributed by atoms with Gasteiger partial charge in [-0.3, -0.25) is 4.57 Å². The molecule has 0 saturated heterocycles. The van der Waals surface area contributed by atoms with Gasteiger partial charge in [-0.2, -0.15) is 0 Å². The number of nitrogens with zero attached hydrogens (tertiary/aromatic N) is 3. The van der Waals surface area contributed by atoms with Crippen LogP contribution < -0.4 is 10.5 Å². The summed E-state index contributed by atoms with van der Waals surface area (Å²) in [5.41, 5.74) is 6.42. The van der Waals surface area contributed by atoms with Gasteiger partial charge in [0.2, 0.25) is 0 Å². The number of nitrogens with two attached hydrogens (primary N) is 1. The number of benzene rings is 1. The van der Waals surface area contributed by atoms with E-state index in [0.29, 0.717) is 19.1 Å². The van der Waals surface area contributed by atoms with Gasteiger partial charge in [0.1, 0.15) is 24.5 Å². The van der Waals surface area contributed by atoms with E-state index in [1.165, 1.54) is 0 Å². The smallest absolute Gasteiger partial charge is 0.139 e. The number of aromatic nitrogens is 3. The molecule has 0 amide bonds. The molecule has 0 spiro atoms. The second-order valence-corrected chi connectivity index (χ2v) is 4.35. The van der Waals surface area contributed by atoms with Gasteiger partial charge >= 0.3 is 0 Å². The van der Waals surface area contributed by atoms with Crippen LogP contribution in [-0.2, 0) is 0 Å². The third-order valence-electron chi connectivity index (χ3n) is 2.57. The van der Waals surface area contributed by atoms with Crippen LogP contribution >= 0.6 is 0 Å². The first-order chi connectivity index (χ1) is 8.72. The SMILES string of the molecule is CC(C)c1nncn1-c1cccc(OCCN)c1. The molecule has 0 aliphatic carbocycles. The molecule has 0 fully saturated rings. The van der Waals surface area contributed by atoms with Crippen LogP contribution in [0.25, 0.3) is 5.69 Å². The van der Waals surface area contributed by atoms with Gasteiger partial charge in [-0.15, -0.1) is 10.2 Å². The molecule has 0 saturated carbocycles. The molecule has 2 rings (SSSR count). The Morgan fingerprint density at radius 3 is 2.94 bits per heavy atom. The van der Waals surface area contributed by atoms with Gasteiger partial charge in [0.25, 0.3) is 0 Å². The van der Waals surface area contributed by atoms with Crippen molar-refractivity contribution in [3.05, 3.63) is 36.4 Å². The van der Waals surface area contributed by atoms with Crippen LogP contribution in [0.5, 0.6) is 5.75 Å². The fraction of sp³-hybridized carbons (Fsp3) is 0.385. The van der Waals surface area contributed by atoms with Crippen molar-refractivity contribution < 1.29 is 4.74 Å². The highest BCUT2D eigenvalue weighted by Crippen LogP contribution is 2.20. The molecule has 5 heteroatoms. The maximum absolute atomic E-state index is 5.52. The fourth-order valence-corrected chi connectivity index (χ4v) is 1.74. The second kappa shape index (κ2) is 5.64. The number of hydrogen-bond donors (Lipinski definition) is 1. The molecule has 0 unspecified atom stereocenters. The van der Waals surface area contributed by atoms with Crippen molar-refractivity contribution in [1.29, 1.82) is 0 Å². The molecule has 2 aromatic rings. The Bertz CT molecular complexity index is 507. The van der Waals surface area contributed by atoms with Gasteiger partial charge in [0.05, 0.1) is 5.69 Å². The predicted molar refractivity (Wildman–Crippen MR) is 70.0 cm³/mol. The van der Waals surface area contributed by atoms with Gasteiger partial charge in [-0.25, -0.2) is 0 Å². The molecule has 0 aliphatic heterocycles. The summed E-state index contributed by atoms with van der Waals surface area (Å²) in [7, 11) is 0. The lowest BCUT2D eigenvalue weighted by atomic mass is 10.2. The normalized spacial score (nSPS) is 10.9. The van der Waals surface area contributed by atoms with Crippen molar-refractivity contribution in [3.63, 3.8) is 0 Å². The van der Waals surface area contributed by atoms with Crippen LogP contribution in [-0.4, -0.2) is 27.9 Å². The van der Waals surface area contributed by atoms with Crippen molar-refractivity contribution in [2.24, 2.45) is 5.73 Å². The summed E-state index contributed by atoms with van der Waals surface area (Å²) in [6, 6.07) is 7.83. The number of ether oxygens (including phenoxy) is 1. The maximum atomic E-state index is 5.52. The van der Waals surface area contributed by atoms with Crippen molar-refractivity contribution in [3.8, 4) is 11.4 Å². The van der Waals surface area contributed by atoms with E-state index in [0.717, 1.165) is 17.3 Å². The average Bonchev–Trinajstić information content (AvgIpc) is 2.86. The molecule has 18 heavy (non-hydrogen) atoms. The Morgan fingerprint density at radius 2 is 2.22 bits per heavy atom. The first-order valence-electron chi connectivity index (χ1n) is 6.05. The van der Waals surface area contributed by atoms with Crippen LogP contribution in [0.2, 0.25) is 0 Å². The van der Waals surface area contributed by atoms with E-state index in [9.17, 15) is 0 Å². The van der Waals surface area contributed by atoms with Crippen LogP contribution in [0.3, 0.4) is 0 Å². The summed E-state index contributed by atoms with van der Waals surface area (Å²) in [5.74, 6) is 2.06. The summed E-state index contributed by atoms with van der Waals surface area (Å²) >= 11 is 0. The zero-order chi connectivity index (χ0) is 13.0. The highest BCUT2D eigenvalue weighted by atomic mass is 16.5. The first-order valence-corrected chi connectivity index (χ1v) is 6.05. The van der Waals surface area contributed by atoms with Crippen LogP contribution in [0, 0.1) is 0 Å². The maximum Gasteiger partial charge on any atom is 0.139 e. The molecular formula is C13H18N4O. The monoisotopic (exact) mass is 246 g/mol. The molecule has 0 radical (unpaired) electrons. The van der Waals surface area contributed by atoms with Gasteiger partial charge in [-0.05, 0) is 12.1 Å². The van der Waals surface area contributed by atoms with E-state index in [4.69, 9.17) is 10.5 Å². The zero-order valence-corrected chi connectivity index (χ0v) is 10.7. The zero-order valence-electron chi connectivity index (χ0n) is 10.7. The molecule has 96 valence electrons. The Hall–Kier alpha value is -1.88. The van der Waals surface area contributed by atoms with E-state index < -0.39 is 0 Å². The summed E-state index contributed by atoms with van der Waals surface area (Å²) in [5, 5.41) is 8.10. The summed E-state index contributed by atoms with van der Waals surface area (Å²) in [6.07, 6.45) is 1.72.